The van der Waals surface area contributed by atoms with E-state index >= 15 is 0 Å². The normalized spacial score (nSPS) is 19.8. The van der Waals surface area contributed by atoms with Crippen molar-refractivity contribution in [1.29, 1.82) is 0 Å². The molecule has 1 aromatic carbocycles. The molecule has 1 N–H and O–H groups in total. The average molecular weight is 280 g/mol. The summed E-state index contributed by atoms with van der Waals surface area (Å²) in [6.07, 6.45) is 1.23. The minimum Gasteiger partial charge on any atom is -0.494 e. The maximum Gasteiger partial charge on any atom is 0.169 e. The fourth-order valence-electron chi connectivity index (χ4n) is 2.76. The first kappa shape index (κ1) is 15.3. The third-order valence-electron chi connectivity index (χ3n) is 4.06. The topological polar surface area (TPSA) is 24.5 Å². The molecule has 112 valence electrons. The first-order chi connectivity index (χ1) is 9.61. The van der Waals surface area contributed by atoms with Crippen molar-refractivity contribution in [2.24, 2.45) is 5.92 Å². The lowest BCUT2D eigenvalue weighted by molar-refractivity contribution is 0.264. The van der Waals surface area contributed by atoms with Gasteiger partial charge in [-0.05, 0) is 45.3 Å². The highest BCUT2D eigenvalue weighted by Crippen LogP contribution is 2.20. The third-order valence-corrected chi connectivity index (χ3v) is 4.06. The molecule has 1 atom stereocenters. The first-order valence-corrected chi connectivity index (χ1v) is 7.38. The fraction of sp³-hybridized carbons (Fsp3) is 0.625. The summed E-state index contributed by atoms with van der Waals surface area (Å²) < 4.78 is 19.0. The molecule has 1 aliphatic rings. The van der Waals surface area contributed by atoms with Crippen LogP contribution in [0.4, 0.5) is 4.39 Å². The van der Waals surface area contributed by atoms with Crippen molar-refractivity contribution >= 4 is 0 Å². The Kier molecular flexibility index (Phi) is 5.38. The van der Waals surface area contributed by atoms with Crippen LogP contribution in [0.15, 0.2) is 18.2 Å². The second-order valence-electron chi connectivity index (χ2n) is 5.81. The van der Waals surface area contributed by atoms with Crippen LogP contribution in [0.1, 0.15) is 25.8 Å². The number of rotatable bonds is 6. The van der Waals surface area contributed by atoms with Crippen LogP contribution < -0.4 is 10.1 Å². The van der Waals surface area contributed by atoms with E-state index in [4.69, 9.17) is 4.74 Å². The molecular weight excluding hydrogens is 255 g/mol. The van der Waals surface area contributed by atoms with Crippen LogP contribution in [0.3, 0.4) is 0 Å². The quantitative estimate of drug-likeness (QED) is 0.867. The number of benzene rings is 1. The number of likely N-dealkylation sites (tertiary alicyclic amines) is 1. The van der Waals surface area contributed by atoms with Crippen molar-refractivity contribution < 1.29 is 9.13 Å². The lowest BCUT2D eigenvalue weighted by Crippen LogP contribution is -2.30. The van der Waals surface area contributed by atoms with Gasteiger partial charge in [0.1, 0.15) is 0 Å². The molecule has 1 unspecified atom stereocenters. The van der Waals surface area contributed by atoms with E-state index in [2.05, 4.69) is 24.1 Å². The number of nitrogens with one attached hydrogen (secondary N) is 1. The zero-order chi connectivity index (χ0) is 14.5. The molecule has 0 spiro atoms. The van der Waals surface area contributed by atoms with E-state index in [9.17, 15) is 4.39 Å². The molecule has 1 fully saturated rings. The molecule has 2 rings (SSSR count). The van der Waals surface area contributed by atoms with Gasteiger partial charge in [-0.2, -0.15) is 0 Å². The van der Waals surface area contributed by atoms with Gasteiger partial charge < -0.3 is 15.0 Å². The van der Waals surface area contributed by atoms with E-state index in [1.54, 1.807) is 12.1 Å². The van der Waals surface area contributed by atoms with Crippen LogP contribution in [-0.4, -0.2) is 37.7 Å². The van der Waals surface area contributed by atoms with E-state index < -0.39 is 0 Å². The molecule has 0 bridgehead atoms. The van der Waals surface area contributed by atoms with Crippen molar-refractivity contribution in [2.45, 2.75) is 32.9 Å². The predicted octanol–water partition coefficient (Wildman–Crippen LogP) is 2.65. The molecule has 1 heterocycles. The fourth-order valence-corrected chi connectivity index (χ4v) is 2.76. The molecule has 0 radical (unpaired) electrons. The highest BCUT2D eigenvalue weighted by Gasteiger charge is 2.23. The molecule has 4 heteroatoms. The maximum absolute atomic E-state index is 14.0. The van der Waals surface area contributed by atoms with E-state index in [0.717, 1.165) is 13.1 Å². The molecule has 0 aliphatic carbocycles. The third kappa shape index (κ3) is 3.70. The molecule has 0 saturated carbocycles. The number of hydrogen-bond acceptors (Lipinski definition) is 3. The second-order valence-corrected chi connectivity index (χ2v) is 5.81. The summed E-state index contributed by atoms with van der Waals surface area (Å²) in [5, 5.41) is 3.37. The minimum atomic E-state index is -0.252. The summed E-state index contributed by atoms with van der Waals surface area (Å²) in [5.74, 6) is 0.736. The first-order valence-electron chi connectivity index (χ1n) is 7.38. The van der Waals surface area contributed by atoms with Crippen LogP contribution in [-0.2, 0) is 6.54 Å². The minimum absolute atomic E-state index is 0.252. The summed E-state index contributed by atoms with van der Waals surface area (Å²) in [6.45, 7) is 8.30. The number of methoxy groups -OCH3 is 1. The van der Waals surface area contributed by atoms with Gasteiger partial charge in [0.2, 0.25) is 0 Å². The van der Waals surface area contributed by atoms with E-state index in [0.29, 0.717) is 29.8 Å². The van der Waals surface area contributed by atoms with Crippen LogP contribution in [0, 0.1) is 11.7 Å². The number of ether oxygens (including phenoxy) is 1. The Hall–Kier alpha value is -1.13. The SMILES string of the molecule is COc1cccc(CNCC2CCN(C(C)C)C2)c1F. The van der Waals surface area contributed by atoms with Crippen LogP contribution in [0.5, 0.6) is 5.75 Å². The molecule has 0 aromatic heterocycles. The van der Waals surface area contributed by atoms with Gasteiger partial charge in [-0.3, -0.25) is 0 Å². The zero-order valence-corrected chi connectivity index (χ0v) is 12.7. The predicted molar refractivity (Wildman–Crippen MR) is 79.5 cm³/mol. The summed E-state index contributed by atoms with van der Waals surface area (Å²) in [6, 6.07) is 5.90. The number of nitrogens with zero attached hydrogens (tertiary/aromatic N) is 1. The van der Waals surface area contributed by atoms with Crippen molar-refractivity contribution in [3.8, 4) is 5.75 Å². The Bertz CT molecular complexity index is 436. The Labute approximate surface area is 121 Å². The summed E-state index contributed by atoms with van der Waals surface area (Å²) in [4.78, 5) is 2.50. The zero-order valence-electron chi connectivity index (χ0n) is 12.7. The van der Waals surface area contributed by atoms with Gasteiger partial charge in [-0.15, -0.1) is 0 Å². The molecule has 1 aromatic rings. The Morgan fingerprint density at radius 1 is 1.45 bits per heavy atom. The number of hydrogen-bond donors (Lipinski definition) is 1. The van der Waals surface area contributed by atoms with Gasteiger partial charge in [0, 0.05) is 24.7 Å². The van der Waals surface area contributed by atoms with Gasteiger partial charge in [-0.25, -0.2) is 4.39 Å². The second kappa shape index (κ2) is 7.04. The Balaban J connectivity index is 1.79. The summed E-state index contributed by atoms with van der Waals surface area (Å²) in [7, 11) is 1.49. The maximum atomic E-state index is 14.0. The highest BCUT2D eigenvalue weighted by molar-refractivity contribution is 5.30. The Morgan fingerprint density at radius 2 is 2.25 bits per heavy atom. The monoisotopic (exact) mass is 280 g/mol. The largest absolute Gasteiger partial charge is 0.494 e. The summed E-state index contributed by atoms with van der Waals surface area (Å²) in [5.41, 5.74) is 0.670. The van der Waals surface area contributed by atoms with Crippen molar-refractivity contribution in [2.75, 3.05) is 26.7 Å². The smallest absolute Gasteiger partial charge is 0.169 e. The molecular formula is C16H25FN2O. The van der Waals surface area contributed by atoms with Gasteiger partial charge >= 0.3 is 0 Å². The van der Waals surface area contributed by atoms with Gasteiger partial charge in [0.05, 0.1) is 7.11 Å². The highest BCUT2D eigenvalue weighted by atomic mass is 19.1. The molecule has 1 aliphatic heterocycles. The Morgan fingerprint density at radius 3 is 2.90 bits per heavy atom. The molecule has 1 saturated heterocycles. The van der Waals surface area contributed by atoms with Gasteiger partial charge in [0.15, 0.2) is 11.6 Å². The van der Waals surface area contributed by atoms with E-state index in [-0.39, 0.29) is 5.82 Å². The average Bonchev–Trinajstić information content (AvgIpc) is 2.90. The van der Waals surface area contributed by atoms with E-state index in [1.165, 1.54) is 20.1 Å². The molecule has 20 heavy (non-hydrogen) atoms. The summed E-state index contributed by atoms with van der Waals surface area (Å²) >= 11 is 0. The molecule has 0 amide bonds. The lowest BCUT2D eigenvalue weighted by Gasteiger charge is -2.20. The van der Waals surface area contributed by atoms with Crippen LogP contribution in [0.2, 0.25) is 0 Å². The van der Waals surface area contributed by atoms with Crippen LogP contribution >= 0.6 is 0 Å². The van der Waals surface area contributed by atoms with Crippen molar-refractivity contribution in [1.82, 2.24) is 10.2 Å². The van der Waals surface area contributed by atoms with Gasteiger partial charge in [0.25, 0.3) is 0 Å². The van der Waals surface area contributed by atoms with Crippen molar-refractivity contribution in [3.63, 3.8) is 0 Å². The number of halogens is 1. The standard InChI is InChI=1S/C16H25FN2O/c1-12(2)19-8-7-13(11-19)9-18-10-14-5-4-6-15(20-3)16(14)17/h4-6,12-13,18H,7-11H2,1-3H3. The van der Waals surface area contributed by atoms with E-state index in [1.807, 2.05) is 6.07 Å². The lowest BCUT2D eigenvalue weighted by atomic mass is 10.1. The molecule has 3 nitrogen and oxygen atoms in total. The van der Waals surface area contributed by atoms with Gasteiger partial charge in [-0.1, -0.05) is 12.1 Å². The van der Waals surface area contributed by atoms with Crippen molar-refractivity contribution in [3.05, 3.63) is 29.6 Å². The van der Waals surface area contributed by atoms with Crippen LogP contribution in [0.25, 0.3) is 0 Å².